The predicted molar refractivity (Wildman–Crippen MR) is 109 cm³/mol. The summed E-state index contributed by atoms with van der Waals surface area (Å²) in [5.41, 5.74) is 0.712. The lowest BCUT2D eigenvalue weighted by Crippen LogP contribution is -2.47. The Balaban J connectivity index is 1.45. The van der Waals surface area contributed by atoms with Crippen LogP contribution in [0.4, 0.5) is 13.2 Å². The van der Waals surface area contributed by atoms with E-state index in [-0.39, 0.29) is 31.6 Å². The summed E-state index contributed by atoms with van der Waals surface area (Å²) in [6.07, 6.45) is 2.98. The van der Waals surface area contributed by atoms with Gasteiger partial charge in [0.05, 0.1) is 5.56 Å². The topological polar surface area (TPSA) is 58.6 Å². The second-order valence-corrected chi connectivity index (χ2v) is 7.54. The van der Waals surface area contributed by atoms with Crippen molar-refractivity contribution in [3.05, 3.63) is 65.0 Å². The van der Waals surface area contributed by atoms with Gasteiger partial charge in [-0.15, -0.1) is 0 Å². The Morgan fingerprint density at radius 2 is 1.71 bits per heavy atom. The molecular formula is C23H25F3N2O3. The Bertz CT molecular complexity index is 926. The minimum Gasteiger partial charge on any atom is -0.484 e. The van der Waals surface area contributed by atoms with Gasteiger partial charge >= 0.3 is 0 Å². The lowest BCUT2D eigenvalue weighted by molar-refractivity contribution is -0.124. The van der Waals surface area contributed by atoms with Crippen LogP contribution in [-0.2, 0) is 11.2 Å². The van der Waals surface area contributed by atoms with E-state index in [1.54, 1.807) is 0 Å². The van der Waals surface area contributed by atoms with Gasteiger partial charge < -0.3 is 15.0 Å². The number of amides is 2. The fourth-order valence-electron chi connectivity index (χ4n) is 3.55. The van der Waals surface area contributed by atoms with Gasteiger partial charge in [0.15, 0.2) is 24.1 Å². The van der Waals surface area contributed by atoms with E-state index in [9.17, 15) is 22.8 Å². The van der Waals surface area contributed by atoms with Crippen molar-refractivity contribution in [2.24, 2.45) is 0 Å². The van der Waals surface area contributed by atoms with Crippen LogP contribution in [0.15, 0.2) is 36.4 Å². The van der Waals surface area contributed by atoms with Gasteiger partial charge in [0, 0.05) is 19.1 Å². The quantitative estimate of drug-likeness (QED) is 0.674. The Labute approximate surface area is 179 Å². The highest BCUT2D eigenvalue weighted by atomic mass is 19.2. The maximum Gasteiger partial charge on any atom is 0.258 e. The number of halogens is 3. The molecule has 2 amide bonds. The number of carbonyl (C=O) groups is 2. The number of hydrogen-bond acceptors (Lipinski definition) is 3. The first-order chi connectivity index (χ1) is 14.9. The number of nitrogens with zero attached hydrogens (tertiary/aromatic N) is 1. The molecule has 1 aliphatic heterocycles. The molecule has 0 saturated carbocycles. The zero-order valence-electron chi connectivity index (χ0n) is 17.3. The second-order valence-electron chi connectivity index (χ2n) is 7.54. The van der Waals surface area contributed by atoms with Crippen LogP contribution in [0.3, 0.4) is 0 Å². The summed E-state index contributed by atoms with van der Waals surface area (Å²) in [5, 5.41) is 2.86. The molecule has 3 rings (SSSR count). The van der Waals surface area contributed by atoms with Crippen LogP contribution < -0.4 is 10.1 Å². The van der Waals surface area contributed by atoms with Crippen LogP contribution in [0.25, 0.3) is 0 Å². The Morgan fingerprint density at radius 3 is 2.35 bits per heavy atom. The molecule has 2 aromatic carbocycles. The third-order valence-corrected chi connectivity index (χ3v) is 5.24. The number of nitrogens with one attached hydrogen (secondary N) is 1. The van der Waals surface area contributed by atoms with Gasteiger partial charge in [-0.3, -0.25) is 9.59 Å². The van der Waals surface area contributed by atoms with Gasteiger partial charge in [-0.05, 0) is 49.1 Å². The van der Waals surface area contributed by atoms with Crippen molar-refractivity contribution in [3.8, 4) is 5.75 Å². The van der Waals surface area contributed by atoms with E-state index in [4.69, 9.17) is 4.74 Å². The lowest BCUT2D eigenvalue weighted by atomic mass is 10.0. The summed E-state index contributed by atoms with van der Waals surface area (Å²) in [6.45, 7) is 2.52. The van der Waals surface area contributed by atoms with Gasteiger partial charge in [0.1, 0.15) is 5.75 Å². The van der Waals surface area contributed by atoms with E-state index in [0.717, 1.165) is 25.0 Å². The minimum atomic E-state index is -1.66. The van der Waals surface area contributed by atoms with Gasteiger partial charge in [-0.25, -0.2) is 13.2 Å². The molecule has 0 radical (unpaired) electrons. The van der Waals surface area contributed by atoms with E-state index >= 15 is 0 Å². The fourth-order valence-corrected chi connectivity index (χ4v) is 3.55. The highest BCUT2D eigenvalue weighted by Crippen LogP contribution is 2.20. The molecule has 1 heterocycles. The highest BCUT2D eigenvalue weighted by Gasteiger charge is 2.27. The monoisotopic (exact) mass is 434 g/mol. The first-order valence-corrected chi connectivity index (χ1v) is 10.3. The molecule has 0 aliphatic carbocycles. The maximum absolute atomic E-state index is 13.9. The summed E-state index contributed by atoms with van der Waals surface area (Å²) in [7, 11) is 0. The molecule has 0 atom stereocenters. The average Bonchev–Trinajstić information content (AvgIpc) is 2.77. The van der Waals surface area contributed by atoms with Crippen molar-refractivity contribution in [2.45, 2.75) is 38.6 Å². The molecule has 0 unspecified atom stereocenters. The molecule has 1 aliphatic rings. The van der Waals surface area contributed by atoms with Gasteiger partial charge in [0.2, 0.25) is 0 Å². The van der Waals surface area contributed by atoms with Crippen LogP contribution in [-0.4, -0.2) is 42.5 Å². The number of likely N-dealkylation sites (tertiary alicyclic amines) is 1. The molecular weight excluding hydrogens is 409 g/mol. The number of piperidine rings is 1. The molecule has 0 spiro atoms. The smallest absolute Gasteiger partial charge is 0.258 e. The maximum atomic E-state index is 13.9. The number of aryl methyl sites for hydroxylation is 1. The van der Waals surface area contributed by atoms with Crippen molar-refractivity contribution < 1.29 is 27.5 Å². The van der Waals surface area contributed by atoms with Crippen LogP contribution in [0.2, 0.25) is 0 Å². The van der Waals surface area contributed by atoms with Crippen molar-refractivity contribution in [2.75, 3.05) is 19.7 Å². The van der Waals surface area contributed by atoms with E-state index in [1.165, 1.54) is 10.5 Å². The largest absolute Gasteiger partial charge is 0.484 e. The van der Waals surface area contributed by atoms with Crippen molar-refractivity contribution in [3.63, 3.8) is 0 Å². The van der Waals surface area contributed by atoms with Gasteiger partial charge in [0.25, 0.3) is 11.8 Å². The molecule has 1 fully saturated rings. The Morgan fingerprint density at radius 1 is 1.03 bits per heavy atom. The van der Waals surface area contributed by atoms with Crippen molar-refractivity contribution >= 4 is 11.8 Å². The molecule has 166 valence electrons. The average molecular weight is 434 g/mol. The van der Waals surface area contributed by atoms with Crippen LogP contribution in [0, 0.1) is 17.5 Å². The van der Waals surface area contributed by atoms with E-state index in [2.05, 4.69) is 12.2 Å². The summed E-state index contributed by atoms with van der Waals surface area (Å²) in [4.78, 5) is 26.0. The molecule has 2 aromatic rings. The third kappa shape index (κ3) is 5.77. The first-order valence-electron chi connectivity index (χ1n) is 10.3. The molecule has 0 bridgehead atoms. The lowest BCUT2D eigenvalue weighted by Gasteiger charge is -2.32. The number of benzene rings is 2. The Hall–Kier alpha value is -3.03. The first kappa shape index (κ1) is 22.7. The van der Waals surface area contributed by atoms with E-state index < -0.39 is 28.9 Å². The predicted octanol–water partition coefficient (Wildman–Crippen LogP) is 3.86. The molecule has 1 saturated heterocycles. The van der Waals surface area contributed by atoms with Crippen LogP contribution >= 0.6 is 0 Å². The summed E-state index contributed by atoms with van der Waals surface area (Å²) in [5.74, 6) is -4.84. The van der Waals surface area contributed by atoms with E-state index in [0.29, 0.717) is 18.6 Å². The number of rotatable bonds is 7. The normalized spacial score (nSPS) is 14.4. The minimum absolute atomic E-state index is 0.119. The molecule has 5 nitrogen and oxygen atoms in total. The third-order valence-electron chi connectivity index (χ3n) is 5.24. The van der Waals surface area contributed by atoms with Crippen LogP contribution in [0.5, 0.6) is 5.75 Å². The highest BCUT2D eigenvalue weighted by molar-refractivity contribution is 5.94. The molecule has 1 N–H and O–H groups in total. The summed E-state index contributed by atoms with van der Waals surface area (Å²) >= 11 is 0. The zero-order valence-corrected chi connectivity index (χ0v) is 17.3. The zero-order chi connectivity index (χ0) is 22.4. The van der Waals surface area contributed by atoms with E-state index in [1.807, 2.05) is 24.3 Å². The molecule has 8 heteroatoms. The second kappa shape index (κ2) is 10.3. The standard InChI is InChI=1S/C23H25F3N2O3/c1-2-3-15-4-6-17(7-5-15)31-14-20(29)27-16-10-12-28(13-11-16)23(30)18-8-9-19(24)22(26)21(18)25/h4-9,16H,2-3,10-14H2,1H3,(H,27,29). The van der Waals surface area contributed by atoms with Gasteiger partial charge in [-0.1, -0.05) is 25.5 Å². The Kier molecular flexibility index (Phi) is 7.55. The van der Waals surface area contributed by atoms with Crippen LogP contribution in [0.1, 0.15) is 42.1 Å². The SMILES string of the molecule is CCCc1ccc(OCC(=O)NC2CCN(C(=O)c3ccc(F)c(F)c3F)CC2)cc1. The van der Waals surface area contributed by atoms with Gasteiger partial charge in [-0.2, -0.15) is 0 Å². The van der Waals surface area contributed by atoms with Crippen molar-refractivity contribution in [1.29, 1.82) is 0 Å². The fraction of sp³-hybridized carbons (Fsp3) is 0.391. The number of ether oxygens (including phenoxy) is 1. The van der Waals surface area contributed by atoms with Crippen molar-refractivity contribution in [1.82, 2.24) is 10.2 Å². The number of carbonyl (C=O) groups excluding carboxylic acids is 2. The number of hydrogen-bond donors (Lipinski definition) is 1. The summed E-state index contributed by atoms with van der Waals surface area (Å²) in [6, 6.07) is 9.13. The molecule has 0 aromatic heterocycles. The summed E-state index contributed by atoms with van der Waals surface area (Å²) < 4.78 is 45.8. The molecule has 31 heavy (non-hydrogen) atoms.